The van der Waals surface area contributed by atoms with Gasteiger partial charge in [-0.3, -0.25) is 9.48 Å². The highest BCUT2D eigenvalue weighted by molar-refractivity contribution is 9.10. The molecule has 0 aliphatic carbocycles. The van der Waals surface area contributed by atoms with Gasteiger partial charge in [-0.05, 0) is 28.9 Å². The van der Waals surface area contributed by atoms with Crippen molar-refractivity contribution in [3.05, 3.63) is 23.1 Å². The van der Waals surface area contributed by atoms with Crippen molar-refractivity contribution in [1.82, 2.24) is 14.8 Å². The molecule has 0 radical (unpaired) electrons. The number of hydrogen-bond donors (Lipinski definition) is 0. The molecule has 72 valence electrons. The zero-order valence-corrected chi connectivity index (χ0v) is 9.15. The van der Waals surface area contributed by atoms with Crippen LogP contribution in [0.2, 0.25) is 0 Å². The summed E-state index contributed by atoms with van der Waals surface area (Å²) in [5.74, 6) is 0.0814. The third-order valence-electron chi connectivity index (χ3n) is 1.87. The fourth-order valence-electron chi connectivity index (χ4n) is 1.29. The van der Waals surface area contributed by atoms with Gasteiger partial charge in [0, 0.05) is 5.39 Å². The van der Waals surface area contributed by atoms with Gasteiger partial charge in [0.2, 0.25) is 0 Å². The zero-order valence-electron chi connectivity index (χ0n) is 7.57. The zero-order chi connectivity index (χ0) is 10.1. The third-order valence-corrected chi connectivity index (χ3v) is 2.30. The summed E-state index contributed by atoms with van der Waals surface area (Å²) in [7, 11) is 0. The van der Waals surface area contributed by atoms with Gasteiger partial charge in [0.1, 0.15) is 4.60 Å². The number of ketones is 1. The van der Waals surface area contributed by atoms with Crippen LogP contribution in [-0.2, 0) is 11.3 Å². The minimum Gasteiger partial charge on any atom is -0.298 e. The summed E-state index contributed by atoms with van der Waals surface area (Å²) >= 11 is 3.28. The lowest BCUT2D eigenvalue weighted by molar-refractivity contribution is -0.117. The maximum atomic E-state index is 10.9. The van der Waals surface area contributed by atoms with Gasteiger partial charge in [-0.2, -0.15) is 5.10 Å². The summed E-state index contributed by atoms with van der Waals surface area (Å²) in [5, 5.41) is 5.09. The van der Waals surface area contributed by atoms with Crippen molar-refractivity contribution in [2.24, 2.45) is 0 Å². The van der Waals surface area contributed by atoms with E-state index in [0.717, 1.165) is 15.5 Å². The standard InChI is InChI=1S/C9H8BrN3O/c1-6(14)5-13-8-4-11-9(10)2-7(8)3-12-13/h2-4H,5H2,1H3. The van der Waals surface area contributed by atoms with Crippen molar-refractivity contribution in [2.45, 2.75) is 13.5 Å². The van der Waals surface area contributed by atoms with E-state index in [1.54, 1.807) is 24.0 Å². The van der Waals surface area contributed by atoms with Gasteiger partial charge in [0.05, 0.1) is 24.5 Å². The molecule has 0 saturated carbocycles. The Hall–Kier alpha value is -1.23. The maximum Gasteiger partial charge on any atom is 0.151 e. The highest BCUT2D eigenvalue weighted by Crippen LogP contribution is 2.16. The molecule has 0 aliphatic rings. The largest absolute Gasteiger partial charge is 0.298 e. The fraction of sp³-hybridized carbons (Fsp3) is 0.222. The molecule has 0 bridgehead atoms. The SMILES string of the molecule is CC(=O)Cn1ncc2cc(Br)ncc21. The summed E-state index contributed by atoms with van der Waals surface area (Å²) in [4.78, 5) is 15.0. The molecule has 0 unspecified atom stereocenters. The number of pyridine rings is 1. The summed E-state index contributed by atoms with van der Waals surface area (Å²) in [6, 6.07) is 1.87. The average molecular weight is 254 g/mol. The highest BCUT2D eigenvalue weighted by atomic mass is 79.9. The topological polar surface area (TPSA) is 47.8 Å². The molecule has 2 aromatic heterocycles. The number of hydrogen-bond acceptors (Lipinski definition) is 3. The monoisotopic (exact) mass is 253 g/mol. The predicted octanol–water partition coefficient (Wildman–Crippen LogP) is 1.78. The van der Waals surface area contributed by atoms with Crippen LogP contribution >= 0.6 is 15.9 Å². The second-order valence-electron chi connectivity index (χ2n) is 3.07. The van der Waals surface area contributed by atoms with Crippen molar-refractivity contribution in [3.8, 4) is 0 Å². The molecule has 14 heavy (non-hydrogen) atoms. The minimum absolute atomic E-state index is 0.0814. The van der Waals surface area contributed by atoms with E-state index in [2.05, 4.69) is 26.0 Å². The second-order valence-corrected chi connectivity index (χ2v) is 3.88. The van der Waals surface area contributed by atoms with Gasteiger partial charge in [0.15, 0.2) is 5.78 Å². The molecule has 0 saturated heterocycles. The van der Waals surface area contributed by atoms with E-state index in [1.807, 2.05) is 6.07 Å². The van der Waals surface area contributed by atoms with Gasteiger partial charge in [-0.15, -0.1) is 0 Å². The number of rotatable bonds is 2. The van der Waals surface area contributed by atoms with Crippen LogP contribution in [0.4, 0.5) is 0 Å². The van der Waals surface area contributed by atoms with Crippen LogP contribution in [0, 0.1) is 0 Å². The van der Waals surface area contributed by atoms with Crippen LogP contribution < -0.4 is 0 Å². The molecule has 0 N–H and O–H groups in total. The molecule has 0 atom stereocenters. The summed E-state index contributed by atoms with van der Waals surface area (Å²) in [6.45, 7) is 1.84. The molecule has 0 amide bonds. The summed E-state index contributed by atoms with van der Waals surface area (Å²) in [5.41, 5.74) is 0.878. The number of carbonyl (C=O) groups is 1. The predicted molar refractivity (Wildman–Crippen MR) is 55.9 cm³/mol. The van der Waals surface area contributed by atoms with Crippen LogP contribution in [-0.4, -0.2) is 20.5 Å². The average Bonchev–Trinajstić information content (AvgIpc) is 2.47. The first-order valence-corrected chi connectivity index (χ1v) is 4.92. The molecule has 0 spiro atoms. The van der Waals surface area contributed by atoms with Crippen molar-refractivity contribution in [3.63, 3.8) is 0 Å². The normalized spacial score (nSPS) is 10.7. The van der Waals surface area contributed by atoms with Gasteiger partial charge in [-0.1, -0.05) is 0 Å². The van der Waals surface area contributed by atoms with Gasteiger partial charge in [-0.25, -0.2) is 4.98 Å². The first-order valence-electron chi connectivity index (χ1n) is 4.13. The molecule has 0 aliphatic heterocycles. The Balaban J connectivity index is 2.52. The number of fused-ring (bicyclic) bond motifs is 1. The van der Waals surface area contributed by atoms with Crippen molar-refractivity contribution in [2.75, 3.05) is 0 Å². The summed E-state index contributed by atoms with van der Waals surface area (Å²) < 4.78 is 2.42. The number of Topliss-reactive ketones (excluding diaryl/α,β-unsaturated/α-hetero) is 1. The Morgan fingerprint density at radius 2 is 2.36 bits per heavy atom. The van der Waals surface area contributed by atoms with Crippen LogP contribution in [0.15, 0.2) is 23.1 Å². The third kappa shape index (κ3) is 1.68. The van der Waals surface area contributed by atoms with Crippen LogP contribution in [0.5, 0.6) is 0 Å². The van der Waals surface area contributed by atoms with Crippen molar-refractivity contribution >= 4 is 32.6 Å². The Morgan fingerprint density at radius 3 is 3.07 bits per heavy atom. The van der Waals surface area contributed by atoms with Crippen LogP contribution in [0.3, 0.4) is 0 Å². The van der Waals surface area contributed by atoms with E-state index >= 15 is 0 Å². The molecule has 0 aromatic carbocycles. The fourth-order valence-corrected chi connectivity index (χ4v) is 1.64. The van der Waals surface area contributed by atoms with E-state index in [-0.39, 0.29) is 5.78 Å². The van der Waals surface area contributed by atoms with Crippen molar-refractivity contribution < 1.29 is 4.79 Å². The molecular formula is C9H8BrN3O. The number of aromatic nitrogens is 3. The molecule has 4 nitrogen and oxygen atoms in total. The lowest BCUT2D eigenvalue weighted by atomic mass is 10.3. The first-order chi connectivity index (χ1) is 6.66. The molecule has 2 rings (SSSR count). The first kappa shape index (κ1) is 9.33. The van der Waals surface area contributed by atoms with Crippen molar-refractivity contribution in [1.29, 1.82) is 0 Å². The molecule has 2 heterocycles. The number of halogens is 1. The maximum absolute atomic E-state index is 10.9. The smallest absolute Gasteiger partial charge is 0.151 e. The highest BCUT2D eigenvalue weighted by Gasteiger charge is 2.04. The number of nitrogens with zero attached hydrogens (tertiary/aromatic N) is 3. The molecular weight excluding hydrogens is 246 g/mol. The van der Waals surface area contributed by atoms with Gasteiger partial charge < -0.3 is 0 Å². The Bertz CT molecular complexity index is 492. The van der Waals surface area contributed by atoms with Gasteiger partial charge in [0.25, 0.3) is 0 Å². The second kappa shape index (κ2) is 3.49. The lowest BCUT2D eigenvalue weighted by Gasteiger charge is -1.98. The lowest BCUT2D eigenvalue weighted by Crippen LogP contribution is -2.07. The molecule has 2 aromatic rings. The van der Waals surface area contributed by atoms with E-state index in [4.69, 9.17) is 0 Å². The Morgan fingerprint density at radius 1 is 1.57 bits per heavy atom. The van der Waals surface area contributed by atoms with Crippen LogP contribution in [0.25, 0.3) is 10.9 Å². The van der Waals surface area contributed by atoms with E-state index in [0.29, 0.717) is 6.54 Å². The van der Waals surface area contributed by atoms with Gasteiger partial charge >= 0.3 is 0 Å². The Kier molecular flexibility index (Phi) is 2.33. The van der Waals surface area contributed by atoms with E-state index in [1.165, 1.54) is 0 Å². The van der Waals surface area contributed by atoms with Crippen LogP contribution in [0.1, 0.15) is 6.92 Å². The molecule has 5 heteroatoms. The number of carbonyl (C=O) groups excluding carboxylic acids is 1. The van der Waals surface area contributed by atoms with E-state index < -0.39 is 0 Å². The Labute approximate surface area is 89.1 Å². The van der Waals surface area contributed by atoms with E-state index in [9.17, 15) is 4.79 Å². The summed E-state index contributed by atoms with van der Waals surface area (Å²) in [6.07, 6.45) is 3.43. The quantitative estimate of drug-likeness (QED) is 0.767. The molecule has 0 fully saturated rings. The minimum atomic E-state index is 0.0814.